The maximum absolute atomic E-state index is 10.9. The summed E-state index contributed by atoms with van der Waals surface area (Å²) in [4.78, 5) is 24.3. The van der Waals surface area contributed by atoms with Gasteiger partial charge in [-0.1, -0.05) is 11.6 Å². The maximum Gasteiger partial charge on any atom is 0.240 e. The minimum atomic E-state index is -0.0981. The molecule has 0 aliphatic rings. The van der Waals surface area contributed by atoms with Crippen molar-refractivity contribution in [2.24, 2.45) is 4.99 Å². The Hall–Kier alpha value is -1.44. The molecule has 66 valence electrons. The van der Waals surface area contributed by atoms with E-state index in [2.05, 4.69) is 4.99 Å². The molecule has 0 aliphatic carbocycles. The smallest absolute Gasteiger partial charge is 0.240 e. The third-order valence-corrected chi connectivity index (χ3v) is 1.84. The van der Waals surface area contributed by atoms with Gasteiger partial charge in [0.05, 0.1) is 10.7 Å². The third kappa shape index (κ3) is 2.25. The molecule has 0 saturated carbocycles. The summed E-state index contributed by atoms with van der Waals surface area (Å²) in [7, 11) is 0. The predicted molar refractivity (Wildman–Crippen MR) is 49.2 cm³/mol. The van der Waals surface area contributed by atoms with E-state index in [1.165, 1.54) is 25.1 Å². The Balaban J connectivity index is 3.26. The Bertz CT molecular complexity index is 395. The molecule has 1 aromatic rings. The number of rotatable bonds is 2. The molecule has 0 saturated heterocycles. The Morgan fingerprint density at radius 2 is 2.23 bits per heavy atom. The first-order chi connectivity index (χ1) is 6.15. The Morgan fingerprint density at radius 3 is 2.77 bits per heavy atom. The fraction of sp³-hybridized carbons (Fsp3) is 0.111. The molecule has 0 fully saturated rings. The first-order valence-electron chi connectivity index (χ1n) is 3.53. The summed E-state index contributed by atoms with van der Waals surface area (Å²) >= 11 is 5.70. The van der Waals surface area contributed by atoms with Crippen LogP contribution in [0.2, 0.25) is 5.02 Å². The van der Waals surface area contributed by atoms with Crippen LogP contribution >= 0.6 is 11.6 Å². The van der Waals surface area contributed by atoms with Crippen LogP contribution in [0.1, 0.15) is 17.3 Å². The molecule has 13 heavy (non-hydrogen) atoms. The number of Topliss-reactive ketones (excluding diaryl/α,β-unsaturated/α-hetero) is 1. The molecule has 3 nitrogen and oxygen atoms in total. The van der Waals surface area contributed by atoms with Crippen molar-refractivity contribution in [1.29, 1.82) is 0 Å². The quantitative estimate of drug-likeness (QED) is 0.414. The van der Waals surface area contributed by atoms with Crippen molar-refractivity contribution in [3.05, 3.63) is 28.8 Å². The van der Waals surface area contributed by atoms with Gasteiger partial charge in [0.25, 0.3) is 0 Å². The molecular formula is C9H6ClNO2. The van der Waals surface area contributed by atoms with E-state index in [0.717, 1.165) is 0 Å². The topological polar surface area (TPSA) is 46.5 Å². The lowest BCUT2D eigenvalue weighted by atomic mass is 10.1. The number of carbonyl (C=O) groups is 1. The first-order valence-corrected chi connectivity index (χ1v) is 3.91. The van der Waals surface area contributed by atoms with Crippen molar-refractivity contribution in [3.8, 4) is 0 Å². The second kappa shape index (κ2) is 3.99. The van der Waals surface area contributed by atoms with E-state index in [-0.39, 0.29) is 11.5 Å². The molecule has 0 aromatic heterocycles. The number of isocyanates is 1. The van der Waals surface area contributed by atoms with Crippen LogP contribution in [0.3, 0.4) is 0 Å². The first kappa shape index (κ1) is 9.65. The van der Waals surface area contributed by atoms with Crippen molar-refractivity contribution >= 4 is 29.2 Å². The Labute approximate surface area is 80.0 Å². The van der Waals surface area contributed by atoms with Gasteiger partial charge in [0.2, 0.25) is 6.08 Å². The van der Waals surface area contributed by atoms with E-state index >= 15 is 0 Å². The second-order valence-electron chi connectivity index (χ2n) is 2.43. The number of benzene rings is 1. The highest BCUT2D eigenvalue weighted by Gasteiger charge is 2.03. The molecule has 0 atom stereocenters. The monoisotopic (exact) mass is 195 g/mol. The van der Waals surface area contributed by atoms with Gasteiger partial charge >= 0.3 is 0 Å². The van der Waals surface area contributed by atoms with Crippen LogP contribution in [-0.4, -0.2) is 11.9 Å². The minimum absolute atomic E-state index is 0.0981. The minimum Gasteiger partial charge on any atom is -0.295 e. The van der Waals surface area contributed by atoms with Crippen LogP contribution in [0, 0.1) is 0 Å². The van der Waals surface area contributed by atoms with Gasteiger partial charge in [-0.05, 0) is 25.1 Å². The molecule has 4 heteroatoms. The number of halogens is 1. The van der Waals surface area contributed by atoms with Gasteiger partial charge in [-0.25, -0.2) is 4.79 Å². The van der Waals surface area contributed by atoms with Crippen LogP contribution in [0.15, 0.2) is 23.2 Å². The lowest BCUT2D eigenvalue weighted by molar-refractivity contribution is 0.101. The summed E-state index contributed by atoms with van der Waals surface area (Å²) in [6, 6.07) is 4.55. The van der Waals surface area contributed by atoms with Crippen molar-refractivity contribution < 1.29 is 9.59 Å². The van der Waals surface area contributed by atoms with Gasteiger partial charge in [0.1, 0.15) is 0 Å². The summed E-state index contributed by atoms with van der Waals surface area (Å²) in [5.41, 5.74) is 0.739. The molecule has 0 bridgehead atoms. The van der Waals surface area contributed by atoms with Crippen LogP contribution < -0.4 is 0 Å². The zero-order valence-corrected chi connectivity index (χ0v) is 7.63. The maximum atomic E-state index is 10.9. The summed E-state index contributed by atoms with van der Waals surface area (Å²) in [5, 5.41) is 0.327. The standard InChI is InChI=1S/C9H6ClNO2/c1-6(13)7-2-3-8(10)9(4-7)11-5-12/h2-4H,1H3. The highest BCUT2D eigenvalue weighted by atomic mass is 35.5. The number of hydrogen-bond acceptors (Lipinski definition) is 3. The van der Waals surface area contributed by atoms with Gasteiger partial charge in [-0.3, -0.25) is 4.79 Å². The molecule has 0 amide bonds. The van der Waals surface area contributed by atoms with Crippen LogP contribution in [0.4, 0.5) is 5.69 Å². The highest BCUT2D eigenvalue weighted by molar-refractivity contribution is 6.33. The Morgan fingerprint density at radius 1 is 1.54 bits per heavy atom. The van der Waals surface area contributed by atoms with Gasteiger partial charge in [0.15, 0.2) is 5.78 Å². The zero-order valence-electron chi connectivity index (χ0n) is 6.87. The second-order valence-corrected chi connectivity index (χ2v) is 2.83. The average Bonchev–Trinajstić information content (AvgIpc) is 2.08. The van der Waals surface area contributed by atoms with E-state index in [1.807, 2.05) is 0 Å². The molecule has 1 aromatic carbocycles. The number of carbonyl (C=O) groups excluding carboxylic acids is 2. The van der Waals surface area contributed by atoms with Crippen LogP contribution in [0.5, 0.6) is 0 Å². The van der Waals surface area contributed by atoms with E-state index in [0.29, 0.717) is 10.6 Å². The number of hydrogen-bond donors (Lipinski definition) is 0. The fourth-order valence-corrected chi connectivity index (χ4v) is 1.03. The normalized spacial score (nSPS) is 9.08. The zero-order chi connectivity index (χ0) is 9.84. The Kier molecular flexibility index (Phi) is 2.96. The summed E-state index contributed by atoms with van der Waals surface area (Å²) in [5.74, 6) is -0.0981. The number of nitrogens with zero attached hydrogens (tertiary/aromatic N) is 1. The highest BCUT2D eigenvalue weighted by Crippen LogP contribution is 2.25. The van der Waals surface area contributed by atoms with Crippen LogP contribution in [-0.2, 0) is 4.79 Å². The number of ketones is 1. The molecule has 0 aliphatic heterocycles. The van der Waals surface area contributed by atoms with Crippen molar-refractivity contribution in [1.82, 2.24) is 0 Å². The lowest BCUT2D eigenvalue weighted by Gasteiger charge is -1.98. The SMILES string of the molecule is CC(=O)c1ccc(Cl)c(N=C=O)c1. The molecular weight excluding hydrogens is 190 g/mol. The molecule has 0 heterocycles. The van der Waals surface area contributed by atoms with Crippen molar-refractivity contribution in [2.75, 3.05) is 0 Å². The van der Waals surface area contributed by atoms with E-state index < -0.39 is 0 Å². The number of aliphatic imine (C=N–C) groups is 1. The van der Waals surface area contributed by atoms with Gasteiger partial charge in [-0.2, -0.15) is 4.99 Å². The van der Waals surface area contributed by atoms with Gasteiger partial charge in [-0.15, -0.1) is 0 Å². The average molecular weight is 196 g/mol. The van der Waals surface area contributed by atoms with Gasteiger partial charge < -0.3 is 0 Å². The fourth-order valence-electron chi connectivity index (χ4n) is 0.867. The predicted octanol–water partition coefficient (Wildman–Crippen LogP) is 2.51. The van der Waals surface area contributed by atoms with E-state index in [4.69, 9.17) is 11.6 Å². The van der Waals surface area contributed by atoms with E-state index in [9.17, 15) is 9.59 Å². The third-order valence-electron chi connectivity index (χ3n) is 1.52. The molecule has 0 unspecified atom stereocenters. The summed E-state index contributed by atoms with van der Waals surface area (Å²) in [6.45, 7) is 1.43. The lowest BCUT2D eigenvalue weighted by Crippen LogP contribution is -1.90. The molecule has 0 spiro atoms. The van der Waals surface area contributed by atoms with E-state index in [1.54, 1.807) is 6.07 Å². The summed E-state index contributed by atoms with van der Waals surface area (Å²) in [6.07, 6.45) is 1.37. The van der Waals surface area contributed by atoms with Crippen molar-refractivity contribution in [3.63, 3.8) is 0 Å². The molecule has 0 radical (unpaired) electrons. The van der Waals surface area contributed by atoms with Gasteiger partial charge in [0, 0.05) is 5.56 Å². The van der Waals surface area contributed by atoms with Crippen LogP contribution in [0.25, 0.3) is 0 Å². The molecule has 0 N–H and O–H groups in total. The summed E-state index contributed by atoms with van der Waals surface area (Å²) < 4.78 is 0. The largest absolute Gasteiger partial charge is 0.295 e. The van der Waals surface area contributed by atoms with Crippen molar-refractivity contribution in [2.45, 2.75) is 6.92 Å². The molecule has 1 rings (SSSR count).